The van der Waals surface area contributed by atoms with Gasteiger partial charge in [0.1, 0.15) is 6.04 Å². The molecule has 0 spiro atoms. The van der Waals surface area contributed by atoms with E-state index in [1.165, 1.54) is 4.90 Å². The average molecular weight is 252 g/mol. The van der Waals surface area contributed by atoms with Gasteiger partial charge in [-0.25, -0.2) is 9.59 Å². The van der Waals surface area contributed by atoms with Crippen LogP contribution in [0.4, 0.5) is 4.79 Å². The first-order chi connectivity index (χ1) is 8.59. The maximum absolute atomic E-state index is 12.0. The minimum atomic E-state index is -0.946. The van der Waals surface area contributed by atoms with Crippen LogP contribution in [0.5, 0.6) is 0 Å². The van der Waals surface area contributed by atoms with E-state index in [9.17, 15) is 9.59 Å². The molecule has 0 bridgehead atoms. The van der Waals surface area contributed by atoms with Gasteiger partial charge in [-0.3, -0.25) is 5.10 Å². The number of likely N-dealkylation sites (tertiary alicyclic amines) is 1. The molecule has 2 amide bonds. The van der Waals surface area contributed by atoms with Crippen molar-refractivity contribution in [2.75, 3.05) is 6.54 Å². The van der Waals surface area contributed by atoms with Gasteiger partial charge in [0, 0.05) is 18.3 Å². The average Bonchev–Trinajstić information content (AvgIpc) is 3.00. The van der Waals surface area contributed by atoms with Crippen LogP contribution in [0.1, 0.15) is 31.4 Å². The van der Waals surface area contributed by atoms with E-state index in [4.69, 9.17) is 5.11 Å². The van der Waals surface area contributed by atoms with Crippen molar-refractivity contribution in [1.82, 2.24) is 20.4 Å². The summed E-state index contributed by atoms with van der Waals surface area (Å²) in [6, 6.07) is -1.25. The first kappa shape index (κ1) is 12.4. The summed E-state index contributed by atoms with van der Waals surface area (Å²) in [5.41, 5.74) is 0.856. The van der Waals surface area contributed by atoms with E-state index in [0.717, 1.165) is 12.0 Å². The third-order valence-corrected chi connectivity index (χ3v) is 3.16. The van der Waals surface area contributed by atoms with Gasteiger partial charge in [0.2, 0.25) is 0 Å². The number of aromatic nitrogens is 2. The number of aliphatic carboxylic acids is 1. The van der Waals surface area contributed by atoms with Crippen LogP contribution in [-0.4, -0.2) is 44.8 Å². The Morgan fingerprint density at radius 3 is 3.06 bits per heavy atom. The zero-order valence-electron chi connectivity index (χ0n) is 10.1. The fourth-order valence-electron chi connectivity index (χ4n) is 2.12. The Labute approximate surface area is 104 Å². The Morgan fingerprint density at radius 2 is 2.44 bits per heavy atom. The number of aromatic amines is 1. The van der Waals surface area contributed by atoms with Crippen LogP contribution in [0.3, 0.4) is 0 Å². The molecule has 3 N–H and O–H groups in total. The van der Waals surface area contributed by atoms with Crippen LogP contribution in [-0.2, 0) is 4.79 Å². The molecule has 0 radical (unpaired) electrons. The molecule has 7 nitrogen and oxygen atoms in total. The molecular weight excluding hydrogens is 236 g/mol. The van der Waals surface area contributed by atoms with Crippen molar-refractivity contribution >= 4 is 12.0 Å². The third-order valence-electron chi connectivity index (χ3n) is 3.16. The molecule has 0 saturated carbocycles. The van der Waals surface area contributed by atoms with Crippen LogP contribution in [0, 0.1) is 0 Å². The summed E-state index contributed by atoms with van der Waals surface area (Å²) in [4.78, 5) is 24.4. The number of hydrogen-bond donors (Lipinski definition) is 3. The molecular formula is C11H16N4O3. The maximum Gasteiger partial charge on any atom is 0.326 e. The smallest absolute Gasteiger partial charge is 0.326 e. The molecule has 98 valence electrons. The predicted octanol–water partition coefficient (Wildman–Crippen LogP) is 0.729. The van der Waals surface area contributed by atoms with Crippen LogP contribution in [0.2, 0.25) is 0 Å². The van der Waals surface area contributed by atoms with Crippen molar-refractivity contribution in [3.8, 4) is 0 Å². The number of urea groups is 1. The minimum Gasteiger partial charge on any atom is -0.480 e. The Morgan fingerprint density at radius 1 is 1.67 bits per heavy atom. The Balaban J connectivity index is 1.97. The standard InChI is InChI=1S/C11H16N4O3/c1-7(8-5-12-13-6-8)14-11(18)15-4-2-3-9(15)10(16)17/h5-7,9H,2-4H2,1H3,(H,12,13)(H,14,18)(H,16,17)/t7?,9-/m1/s1. The van der Waals surface area contributed by atoms with Crippen molar-refractivity contribution in [3.63, 3.8) is 0 Å². The van der Waals surface area contributed by atoms with E-state index in [-0.39, 0.29) is 12.1 Å². The molecule has 1 fully saturated rings. The van der Waals surface area contributed by atoms with Gasteiger partial charge < -0.3 is 15.3 Å². The Bertz CT molecular complexity index is 432. The number of carbonyl (C=O) groups excluding carboxylic acids is 1. The molecule has 7 heteroatoms. The maximum atomic E-state index is 12.0. The first-order valence-corrected chi connectivity index (χ1v) is 5.88. The monoisotopic (exact) mass is 252 g/mol. The summed E-state index contributed by atoms with van der Waals surface area (Å²) in [7, 11) is 0. The number of rotatable bonds is 3. The van der Waals surface area contributed by atoms with E-state index in [1.807, 2.05) is 6.92 Å². The molecule has 1 unspecified atom stereocenters. The van der Waals surface area contributed by atoms with E-state index in [1.54, 1.807) is 12.4 Å². The van der Waals surface area contributed by atoms with Gasteiger partial charge in [0.05, 0.1) is 12.2 Å². The number of amides is 2. The lowest BCUT2D eigenvalue weighted by molar-refractivity contribution is -0.141. The van der Waals surface area contributed by atoms with Crippen molar-refractivity contribution in [1.29, 1.82) is 0 Å². The summed E-state index contributed by atoms with van der Waals surface area (Å²) < 4.78 is 0. The number of H-pyrrole nitrogens is 1. The summed E-state index contributed by atoms with van der Waals surface area (Å²) in [5, 5.41) is 18.3. The predicted molar refractivity (Wildman–Crippen MR) is 62.9 cm³/mol. The van der Waals surface area contributed by atoms with Gasteiger partial charge in [0.15, 0.2) is 0 Å². The Kier molecular flexibility index (Phi) is 3.50. The fraction of sp³-hybridized carbons (Fsp3) is 0.545. The van der Waals surface area contributed by atoms with E-state index in [2.05, 4.69) is 15.5 Å². The van der Waals surface area contributed by atoms with Crippen LogP contribution in [0.15, 0.2) is 12.4 Å². The number of nitrogens with one attached hydrogen (secondary N) is 2. The van der Waals surface area contributed by atoms with Crippen molar-refractivity contribution in [2.45, 2.75) is 31.8 Å². The van der Waals surface area contributed by atoms with E-state index in [0.29, 0.717) is 13.0 Å². The molecule has 1 aliphatic heterocycles. The molecule has 0 aromatic carbocycles. The number of carbonyl (C=O) groups is 2. The number of carboxylic acid groups (broad SMARTS) is 1. The van der Waals surface area contributed by atoms with Crippen LogP contribution in [0.25, 0.3) is 0 Å². The largest absolute Gasteiger partial charge is 0.480 e. The van der Waals surface area contributed by atoms with Crippen molar-refractivity contribution in [3.05, 3.63) is 18.0 Å². The normalized spacial score (nSPS) is 20.7. The van der Waals surface area contributed by atoms with Gasteiger partial charge >= 0.3 is 12.0 Å². The highest BCUT2D eigenvalue weighted by molar-refractivity contribution is 5.83. The first-order valence-electron chi connectivity index (χ1n) is 5.88. The molecule has 1 aromatic heterocycles. The van der Waals surface area contributed by atoms with Gasteiger partial charge in [0.25, 0.3) is 0 Å². The van der Waals surface area contributed by atoms with Gasteiger partial charge in [-0.05, 0) is 19.8 Å². The topological polar surface area (TPSA) is 98.3 Å². The summed E-state index contributed by atoms with van der Waals surface area (Å²) >= 11 is 0. The summed E-state index contributed by atoms with van der Waals surface area (Å²) in [5.74, 6) is -0.946. The molecule has 2 heterocycles. The Hall–Kier alpha value is -2.05. The fourth-order valence-corrected chi connectivity index (χ4v) is 2.12. The van der Waals surface area contributed by atoms with Crippen molar-refractivity contribution in [2.24, 2.45) is 0 Å². The zero-order chi connectivity index (χ0) is 13.1. The summed E-state index contributed by atoms with van der Waals surface area (Å²) in [6.07, 6.45) is 4.57. The van der Waals surface area contributed by atoms with Gasteiger partial charge in [-0.15, -0.1) is 0 Å². The second-order valence-corrected chi connectivity index (χ2v) is 4.39. The highest BCUT2D eigenvalue weighted by atomic mass is 16.4. The minimum absolute atomic E-state index is 0.203. The van der Waals surface area contributed by atoms with Crippen molar-refractivity contribution < 1.29 is 14.7 Å². The molecule has 0 aliphatic carbocycles. The van der Waals surface area contributed by atoms with E-state index < -0.39 is 12.0 Å². The third kappa shape index (κ3) is 2.44. The second kappa shape index (κ2) is 5.07. The van der Waals surface area contributed by atoms with Crippen LogP contribution < -0.4 is 5.32 Å². The SMILES string of the molecule is CC(NC(=O)N1CCC[C@@H]1C(=O)O)c1cn[nH]c1. The lowest BCUT2D eigenvalue weighted by atomic mass is 10.2. The highest BCUT2D eigenvalue weighted by Gasteiger charge is 2.34. The number of hydrogen-bond acceptors (Lipinski definition) is 3. The molecule has 2 atom stereocenters. The van der Waals surface area contributed by atoms with E-state index >= 15 is 0 Å². The highest BCUT2D eigenvalue weighted by Crippen LogP contribution is 2.18. The zero-order valence-corrected chi connectivity index (χ0v) is 10.1. The lowest BCUT2D eigenvalue weighted by Gasteiger charge is -2.23. The number of nitrogens with zero attached hydrogens (tertiary/aromatic N) is 2. The summed E-state index contributed by atoms with van der Waals surface area (Å²) in [6.45, 7) is 2.31. The molecule has 1 saturated heterocycles. The van der Waals surface area contributed by atoms with Gasteiger partial charge in [-0.1, -0.05) is 0 Å². The number of carboxylic acids is 1. The molecule has 1 aliphatic rings. The molecule has 18 heavy (non-hydrogen) atoms. The second-order valence-electron chi connectivity index (χ2n) is 4.39. The molecule has 1 aromatic rings. The molecule has 2 rings (SSSR count). The van der Waals surface area contributed by atoms with Gasteiger partial charge in [-0.2, -0.15) is 5.10 Å². The lowest BCUT2D eigenvalue weighted by Crippen LogP contribution is -2.46. The van der Waals surface area contributed by atoms with Crippen LogP contribution >= 0.6 is 0 Å². The quantitative estimate of drug-likeness (QED) is 0.738.